The van der Waals surface area contributed by atoms with Crippen LogP contribution in [-0.2, 0) is 19.9 Å². The molecule has 0 N–H and O–H groups in total. The SMILES string of the molecule is C[C@]12O[C@@]1(c1ccc(F)cc1F)COC2=O. The molecule has 84 valence electrons. The first kappa shape index (κ1) is 9.72. The summed E-state index contributed by atoms with van der Waals surface area (Å²) >= 11 is 0. The van der Waals surface area contributed by atoms with Gasteiger partial charge in [0.15, 0.2) is 11.2 Å². The van der Waals surface area contributed by atoms with E-state index in [1.165, 1.54) is 6.07 Å². The Kier molecular flexibility index (Phi) is 1.58. The quantitative estimate of drug-likeness (QED) is 0.538. The predicted molar refractivity (Wildman–Crippen MR) is 48.5 cm³/mol. The third kappa shape index (κ3) is 0.917. The van der Waals surface area contributed by atoms with Gasteiger partial charge in [0.25, 0.3) is 0 Å². The zero-order valence-corrected chi connectivity index (χ0v) is 8.42. The van der Waals surface area contributed by atoms with Crippen LogP contribution in [0.25, 0.3) is 0 Å². The lowest BCUT2D eigenvalue weighted by molar-refractivity contribution is -0.148. The van der Waals surface area contributed by atoms with Gasteiger partial charge < -0.3 is 9.47 Å². The van der Waals surface area contributed by atoms with E-state index in [4.69, 9.17) is 9.47 Å². The van der Waals surface area contributed by atoms with Crippen LogP contribution in [-0.4, -0.2) is 18.2 Å². The van der Waals surface area contributed by atoms with Crippen LogP contribution in [0.3, 0.4) is 0 Å². The van der Waals surface area contributed by atoms with Gasteiger partial charge in [-0.15, -0.1) is 0 Å². The molecule has 0 amide bonds. The van der Waals surface area contributed by atoms with E-state index in [2.05, 4.69) is 0 Å². The molecule has 16 heavy (non-hydrogen) atoms. The minimum atomic E-state index is -1.12. The molecular formula is C11H8F2O3. The number of benzene rings is 1. The second-order valence-electron chi connectivity index (χ2n) is 4.16. The molecule has 1 aromatic rings. The van der Waals surface area contributed by atoms with Crippen molar-refractivity contribution in [1.29, 1.82) is 0 Å². The first-order chi connectivity index (χ1) is 7.49. The number of cyclic esters (lactones) is 1. The van der Waals surface area contributed by atoms with Gasteiger partial charge in [-0.2, -0.15) is 0 Å². The number of halogens is 2. The number of carbonyl (C=O) groups is 1. The summed E-state index contributed by atoms with van der Waals surface area (Å²) in [5, 5.41) is 0. The molecule has 2 fully saturated rings. The molecule has 3 nitrogen and oxygen atoms in total. The Morgan fingerprint density at radius 1 is 1.38 bits per heavy atom. The smallest absolute Gasteiger partial charge is 0.341 e. The molecule has 5 heteroatoms. The molecule has 2 aliphatic heterocycles. The summed E-state index contributed by atoms with van der Waals surface area (Å²) < 4.78 is 36.5. The fourth-order valence-corrected chi connectivity index (χ4v) is 2.21. The van der Waals surface area contributed by atoms with Crippen LogP contribution in [0.5, 0.6) is 0 Å². The maximum atomic E-state index is 13.6. The van der Waals surface area contributed by atoms with Crippen LogP contribution in [0.15, 0.2) is 18.2 Å². The summed E-state index contributed by atoms with van der Waals surface area (Å²) in [6.45, 7) is 1.52. The standard InChI is InChI=1S/C11H8F2O3/c1-10-9(14)15-5-11(10,16-10)7-3-2-6(12)4-8(7)13/h2-4H,5H2,1H3/t10-,11-/m1/s1. The number of epoxide rings is 1. The molecule has 0 aromatic heterocycles. The molecule has 0 bridgehead atoms. The zero-order valence-electron chi connectivity index (χ0n) is 8.42. The fraction of sp³-hybridized carbons (Fsp3) is 0.364. The third-order valence-electron chi connectivity index (χ3n) is 3.27. The highest BCUT2D eigenvalue weighted by atomic mass is 19.1. The Bertz CT molecular complexity index is 498. The minimum absolute atomic E-state index is 0.0229. The molecule has 0 aliphatic carbocycles. The Morgan fingerprint density at radius 3 is 2.62 bits per heavy atom. The molecule has 2 saturated heterocycles. The van der Waals surface area contributed by atoms with Gasteiger partial charge in [-0.1, -0.05) is 6.07 Å². The summed E-state index contributed by atoms with van der Waals surface area (Å²) in [6.07, 6.45) is 0. The fourth-order valence-electron chi connectivity index (χ4n) is 2.21. The van der Waals surface area contributed by atoms with Crippen molar-refractivity contribution in [3.8, 4) is 0 Å². The molecule has 2 atom stereocenters. The molecule has 0 radical (unpaired) electrons. The van der Waals surface area contributed by atoms with Crippen LogP contribution < -0.4 is 0 Å². The van der Waals surface area contributed by atoms with Crippen LogP contribution in [0.4, 0.5) is 8.78 Å². The number of hydrogen-bond donors (Lipinski definition) is 0. The molecule has 1 aromatic carbocycles. The van der Waals surface area contributed by atoms with Gasteiger partial charge in [0.2, 0.25) is 0 Å². The molecule has 3 rings (SSSR count). The third-order valence-corrected chi connectivity index (χ3v) is 3.27. The Hall–Kier alpha value is -1.49. The Morgan fingerprint density at radius 2 is 2.12 bits per heavy atom. The highest BCUT2D eigenvalue weighted by Gasteiger charge is 2.79. The Labute approximate surface area is 90.0 Å². The second kappa shape index (κ2) is 2.60. The number of esters is 1. The number of carbonyl (C=O) groups excluding carboxylic acids is 1. The average molecular weight is 226 g/mol. The predicted octanol–water partition coefficient (Wildman–Crippen LogP) is 1.51. The summed E-state index contributed by atoms with van der Waals surface area (Å²) in [5.74, 6) is -1.89. The van der Waals surface area contributed by atoms with Crippen LogP contribution in [0.1, 0.15) is 12.5 Å². The lowest BCUT2D eigenvalue weighted by Gasteiger charge is -2.08. The van der Waals surface area contributed by atoms with E-state index in [1.54, 1.807) is 6.92 Å². The topological polar surface area (TPSA) is 38.8 Å². The van der Waals surface area contributed by atoms with E-state index >= 15 is 0 Å². The molecule has 0 saturated carbocycles. The van der Waals surface area contributed by atoms with Gasteiger partial charge in [0, 0.05) is 11.6 Å². The monoisotopic (exact) mass is 226 g/mol. The van der Waals surface area contributed by atoms with Crippen molar-refractivity contribution < 1.29 is 23.0 Å². The van der Waals surface area contributed by atoms with Crippen molar-refractivity contribution in [1.82, 2.24) is 0 Å². The number of fused-ring (bicyclic) bond motifs is 1. The first-order valence-electron chi connectivity index (χ1n) is 4.82. The number of hydrogen-bond acceptors (Lipinski definition) is 3. The van der Waals surface area contributed by atoms with Crippen molar-refractivity contribution >= 4 is 5.97 Å². The highest BCUT2D eigenvalue weighted by molar-refractivity contribution is 5.87. The van der Waals surface area contributed by atoms with E-state index < -0.39 is 28.8 Å². The summed E-state index contributed by atoms with van der Waals surface area (Å²) in [5.41, 5.74) is -2.02. The highest BCUT2D eigenvalue weighted by Crippen LogP contribution is 2.60. The lowest BCUT2D eigenvalue weighted by atomic mass is 9.89. The maximum Gasteiger partial charge on any atom is 0.341 e. The van der Waals surface area contributed by atoms with Gasteiger partial charge in [-0.25, -0.2) is 13.6 Å². The van der Waals surface area contributed by atoms with Gasteiger partial charge in [-0.3, -0.25) is 0 Å². The second-order valence-corrected chi connectivity index (χ2v) is 4.16. The summed E-state index contributed by atoms with van der Waals surface area (Å²) in [4.78, 5) is 11.4. The molecular weight excluding hydrogens is 218 g/mol. The molecule has 2 heterocycles. The van der Waals surface area contributed by atoms with Gasteiger partial charge in [0.05, 0.1) is 0 Å². The molecule has 0 unspecified atom stereocenters. The van der Waals surface area contributed by atoms with Crippen LogP contribution in [0.2, 0.25) is 0 Å². The summed E-state index contributed by atoms with van der Waals surface area (Å²) in [6, 6.07) is 3.20. The Balaban J connectivity index is 2.10. The number of ether oxygens (including phenoxy) is 2. The van der Waals surface area contributed by atoms with E-state index in [9.17, 15) is 13.6 Å². The normalized spacial score (nSPS) is 35.8. The van der Waals surface area contributed by atoms with Crippen LogP contribution in [0, 0.1) is 11.6 Å². The zero-order chi connectivity index (χ0) is 11.6. The van der Waals surface area contributed by atoms with Gasteiger partial charge in [-0.05, 0) is 13.0 Å². The van der Waals surface area contributed by atoms with Crippen molar-refractivity contribution in [3.63, 3.8) is 0 Å². The number of rotatable bonds is 1. The average Bonchev–Trinajstić information content (AvgIpc) is 2.75. The largest absolute Gasteiger partial charge is 0.460 e. The lowest BCUT2D eigenvalue weighted by Crippen LogP contribution is -2.23. The van der Waals surface area contributed by atoms with Crippen molar-refractivity contribution in [2.45, 2.75) is 18.1 Å². The molecule has 0 spiro atoms. The van der Waals surface area contributed by atoms with Crippen molar-refractivity contribution in [2.75, 3.05) is 6.61 Å². The van der Waals surface area contributed by atoms with E-state index in [0.717, 1.165) is 12.1 Å². The maximum absolute atomic E-state index is 13.6. The van der Waals surface area contributed by atoms with E-state index in [0.29, 0.717) is 0 Å². The van der Waals surface area contributed by atoms with Crippen LogP contribution >= 0.6 is 0 Å². The molecule has 2 aliphatic rings. The van der Waals surface area contributed by atoms with E-state index in [-0.39, 0.29) is 12.2 Å². The first-order valence-corrected chi connectivity index (χ1v) is 4.82. The van der Waals surface area contributed by atoms with E-state index in [1.807, 2.05) is 0 Å². The summed E-state index contributed by atoms with van der Waals surface area (Å²) in [7, 11) is 0. The minimum Gasteiger partial charge on any atom is -0.460 e. The van der Waals surface area contributed by atoms with Gasteiger partial charge in [0.1, 0.15) is 18.2 Å². The van der Waals surface area contributed by atoms with Crippen molar-refractivity contribution in [2.24, 2.45) is 0 Å². The van der Waals surface area contributed by atoms with Gasteiger partial charge >= 0.3 is 5.97 Å². The van der Waals surface area contributed by atoms with Crippen molar-refractivity contribution in [3.05, 3.63) is 35.4 Å².